The zero-order chi connectivity index (χ0) is 33.5. The maximum atomic E-state index is 12.9. The van der Waals surface area contributed by atoms with Gasteiger partial charge in [-0.05, 0) is 54.1 Å². The Kier molecular flexibility index (Phi) is 9.64. The van der Waals surface area contributed by atoms with Gasteiger partial charge in [-0.1, -0.05) is 60.7 Å². The van der Waals surface area contributed by atoms with Crippen LogP contribution in [0, 0.1) is 0 Å². The van der Waals surface area contributed by atoms with Crippen LogP contribution in [-0.2, 0) is 32.6 Å². The summed E-state index contributed by atoms with van der Waals surface area (Å²) in [5.74, 6) is -0.419. The van der Waals surface area contributed by atoms with Crippen LogP contribution in [0.3, 0.4) is 0 Å². The van der Waals surface area contributed by atoms with Crippen molar-refractivity contribution in [1.29, 1.82) is 0 Å². The minimum atomic E-state index is -0.727. The van der Waals surface area contributed by atoms with E-state index in [1.807, 2.05) is 61.6 Å². The summed E-state index contributed by atoms with van der Waals surface area (Å²) in [6, 6.07) is 34.1. The highest BCUT2D eigenvalue weighted by Gasteiger charge is 2.21. The van der Waals surface area contributed by atoms with Crippen molar-refractivity contribution in [1.82, 2.24) is 14.9 Å². The van der Waals surface area contributed by atoms with Crippen molar-refractivity contribution >= 4 is 73.0 Å². The number of nitrogen functional groups attached to an aromatic ring is 1. The number of para-hydroxylation sites is 2. The lowest BCUT2D eigenvalue weighted by Crippen LogP contribution is -2.44. The van der Waals surface area contributed by atoms with Gasteiger partial charge < -0.3 is 31.0 Å². The largest absolute Gasteiger partial charge is 0.508 e. The molecule has 0 spiro atoms. The zero-order valence-electron chi connectivity index (χ0n) is 25.8. The minimum Gasteiger partial charge on any atom is -0.508 e. The first kappa shape index (κ1) is 32.0. The molecule has 2 aromatic heterocycles. The summed E-state index contributed by atoms with van der Waals surface area (Å²) in [6.07, 6.45) is 0.571. The number of hydrogen-bond acceptors (Lipinski definition) is 6. The van der Waals surface area contributed by atoms with E-state index < -0.39 is 6.04 Å². The second-order valence-electron chi connectivity index (χ2n) is 11.0. The maximum absolute atomic E-state index is 12.9. The quantitative estimate of drug-likeness (QED) is 0.146. The number of aromatic hydroxyl groups is 1. The molecule has 0 unspecified atom stereocenters. The van der Waals surface area contributed by atoms with E-state index in [0.29, 0.717) is 12.1 Å². The number of aryl methyl sites for hydroxylation is 1. The summed E-state index contributed by atoms with van der Waals surface area (Å²) in [4.78, 5) is 44.2. The number of aromatic nitrogens is 2. The van der Waals surface area contributed by atoms with E-state index in [-0.39, 0.29) is 23.7 Å². The Morgan fingerprint density at radius 2 is 1.43 bits per heavy atom. The number of hydrogen-bond donors (Lipinski definition) is 5. The van der Waals surface area contributed by atoms with Crippen molar-refractivity contribution in [2.45, 2.75) is 19.4 Å². The number of H-pyrrole nitrogens is 1. The second-order valence-corrected chi connectivity index (χ2v) is 11.0. The fourth-order valence-corrected chi connectivity index (χ4v) is 5.66. The number of phenolic OH excluding ortho intramolecular Hbond substituents is 1. The average Bonchev–Trinajstić information content (AvgIpc) is 3.56. The molecule has 236 valence electrons. The van der Waals surface area contributed by atoms with Crippen LogP contribution in [0.2, 0.25) is 0 Å². The van der Waals surface area contributed by atoms with E-state index in [4.69, 9.17) is 15.3 Å². The predicted octanol–water partition coefficient (Wildman–Crippen LogP) is 6.04. The van der Waals surface area contributed by atoms with Crippen LogP contribution in [0.15, 0.2) is 109 Å². The van der Waals surface area contributed by atoms with Gasteiger partial charge in [0.25, 0.3) is 0 Å². The number of nitrogens with zero attached hydrogens (tertiary/aromatic N) is 1. The van der Waals surface area contributed by atoms with Crippen LogP contribution < -0.4 is 16.4 Å². The number of nitrogens with one attached hydrogen (secondary N) is 3. The van der Waals surface area contributed by atoms with Crippen molar-refractivity contribution < 1.29 is 24.3 Å². The predicted molar refractivity (Wildman–Crippen MR) is 184 cm³/mol. The van der Waals surface area contributed by atoms with E-state index in [0.717, 1.165) is 44.1 Å². The monoisotopic (exact) mass is 627 g/mol. The third kappa shape index (κ3) is 7.30. The number of benzene rings is 5. The van der Waals surface area contributed by atoms with Crippen molar-refractivity contribution in [2.75, 3.05) is 11.1 Å². The van der Waals surface area contributed by atoms with E-state index in [2.05, 4.69) is 50.5 Å². The first-order valence-corrected chi connectivity index (χ1v) is 14.8. The van der Waals surface area contributed by atoms with Gasteiger partial charge in [0, 0.05) is 69.9 Å². The van der Waals surface area contributed by atoms with Crippen molar-refractivity contribution in [3.8, 4) is 5.75 Å². The Morgan fingerprint density at radius 1 is 0.809 bits per heavy atom. The number of fused-ring (bicyclic) bond motifs is 6. The molecule has 10 nitrogen and oxygen atoms in total. The fourth-order valence-electron chi connectivity index (χ4n) is 5.66. The van der Waals surface area contributed by atoms with Gasteiger partial charge in [-0.2, -0.15) is 9.59 Å². The lowest BCUT2D eigenvalue weighted by Gasteiger charge is -2.18. The van der Waals surface area contributed by atoms with Gasteiger partial charge in [-0.25, -0.2) is 0 Å². The molecule has 10 heteroatoms. The number of carbonyl (C=O) groups excluding carboxylic acids is 4. The molecule has 2 amide bonds. The summed E-state index contributed by atoms with van der Waals surface area (Å²) in [7, 11) is 2.00. The molecule has 47 heavy (non-hydrogen) atoms. The third-order valence-electron chi connectivity index (χ3n) is 7.78. The number of nitrogens with two attached hydrogens (primary N) is 1. The van der Waals surface area contributed by atoms with Crippen LogP contribution in [-0.4, -0.2) is 38.7 Å². The third-order valence-corrected chi connectivity index (χ3v) is 7.78. The molecule has 6 N–H and O–H groups in total. The van der Waals surface area contributed by atoms with Gasteiger partial charge in [0.2, 0.25) is 11.8 Å². The fraction of sp³-hybridized carbons (Fsp3) is 0.108. The summed E-state index contributed by atoms with van der Waals surface area (Å²) in [5, 5.41) is 19.9. The molecule has 0 aliphatic carbocycles. The molecule has 2 heterocycles. The van der Waals surface area contributed by atoms with Gasteiger partial charge in [0.05, 0.1) is 5.52 Å². The summed E-state index contributed by atoms with van der Waals surface area (Å²) < 4.78 is 2.10. The summed E-state index contributed by atoms with van der Waals surface area (Å²) in [5.41, 5.74) is 12.4. The highest BCUT2D eigenvalue weighted by molar-refractivity contribution is 6.10. The Bertz CT molecular complexity index is 2250. The van der Waals surface area contributed by atoms with Crippen LogP contribution in [0.25, 0.3) is 43.6 Å². The molecular formula is C37H33N5O5. The van der Waals surface area contributed by atoms with E-state index in [9.17, 15) is 14.7 Å². The number of amides is 2. The van der Waals surface area contributed by atoms with Crippen LogP contribution in [0.5, 0.6) is 5.75 Å². The van der Waals surface area contributed by atoms with Crippen LogP contribution in [0.4, 0.5) is 11.4 Å². The highest BCUT2D eigenvalue weighted by atomic mass is 16.3. The number of phenols is 1. The Morgan fingerprint density at radius 3 is 2.15 bits per heavy atom. The zero-order valence-corrected chi connectivity index (χ0v) is 25.8. The van der Waals surface area contributed by atoms with Crippen molar-refractivity contribution in [3.63, 3.8) is 0 Å². The van der Waals surface area contributed by atoms with Gasteiger partial charge in [-0.3, -0.25) is 9.59 Å². The van der Waals surface area contributed by atoms with E-state index in [1.54, 1.807) is 24.3 Å². The first-order chi connectivity index (χ1) is 22.7. The molecule has 0 bridgehead atoms. The standard InChI is InChI=1S/C24H23N3O3.C12H10N2.CO2/c1-15(28)25-21(13-16-7-10-18(29)11-8-16)24(30)26-17-9-12-20-19-5-3-4-6-22(19)27(2)23(20)14-17;13-8-5-6-10-9-3-1-2-4-11(9)14-12(10)7-8;2-1-3/h3-12,14,21,29H,13H2,1-2H3,(H,25,28)(H,26,30);1-7,14H,13H2;/t21-;;/m0../s1. The molecule has 0 saturated heterocycles. The lowest BCUT2D eigenvalue weighted by molar-refractivity contribution is -0.191. The number of anilines is 2. The lowest BCUT2D eigenvalue weighted by atomic mass is 10.0. The molecule has 5 aromatic carbocycles. The SMILES string of the molecule is CC(=O)N[C@@H](Cc1ccc(O)cc1)C(=O)Nc1ccc2c3ccccc3n(C)c2c1.Nc1ccc2c(c1)[nH]c1ccccc12.O=C=O. The molecule has 0 radical (unpaired) electrons. The topological polar surface area (TPSA) is 159 Å². The molecule has 0 fully saturated rings. The molecular weight excluding hydrogens is 594 g/mol. The molecule has 7 aromatic rings. The van der Waals surface area contributed by atoms with E-state index in [1.165, 1.54) is 17.7 Å². The number of aromatic amines is 1. The number of rotatable bonds is 5. The van der Waals surface area contributed by atoms with Gasteiger partial charge in [0.1, 0.15) is 11.8 Å². The molecule has 7 rings (SSSR count). The van der Waals surface area contributed by atoms with Gasteiger partial charge in [0.15, 0.2) is 0 Å². The second kappa shape index (κ2) is 14.2. The molecule has 1 atom stereocenters. The van der Waals surface area contributed by atoms with Crippen molar-refractivity contribution in [2.24, 2.45) is 7.05 Å². The first-order valence-electron chi connectivity index (χ1n) is 14.8. The maximum Gasteiger partial charge on any atom is 0.373 e. The highest BCUT2D eigenvalue weighted by Crippen LogP contribution is 2.30. The van der Waals surface area contributed by atoms with Crippen LogP contribution in [0.1, 0.15) is 12.5 Å². The summed E-state index contributed by atoms with van der Waals surface area (Å²) >= 11 is 0. The molecule has 0 aliphatic rings. The van der Waals surface area contributed by atoms with E-state index >= 15 is 0 Å². The smallest absolute Gasteiger partial charge is 0.373 e. The van der Waals surface area contributed by atoms with Crippen molar-refractivity contribution in [3.05, 3.63) is 115 Å². The Hall–Kier alpha value is -6.38. The normalized spacial score (nSPS) is 11.2. The summed E-state index contributed by atoms with van der Waals surface area (Å²) in [6.45, 7) is 1.39. The molecule has 0 saturated carbocycles. The van der Waals surface area contributed by atoms with Gasteiger partial charge >= 0.3 is 6.15 Å². The number of carbonyl (C=O) groups is 2. The average molecular weight is 628 g/mol. The Labute approximate surface area is 269 Å². The van der Waals surface area contributed by atoms with Crippen LogP contribution >= 0.6 is 0 Å². The Balaban J connectivity index is 0.000000210. The minimum absolute atomic E-state index is 0.155. The van der Waals surface area contributed by atoms with Gasteiger partial charge in [-0.15, -0.1) is 0 Å². The molecule has 0 aliphatic heterocycles.